The van der Waals surface area contributed by atoms with E-state index in [2.05, 4.69) is 5.10 Å². The Balaban J connectivity index is 1.89. The predicted molar refractivity (Wildman–Crippen MR) is 83.3 cm³/mol. The molecule has 1 aliphatic carbocycles. The minimum Gasteiger partial charge on any atom is -0.496 e. The lowest BCUT2D eigenvalue weighted by atomic mass is 9.92. The minimum atomic E-state index is -0.418. The van der Waals surface area contributed by atoms with E-state index < -0.39 is 5.69 Å². The molecule has 6 nitrogen and oxygen atoms in total. The van der Waals surface area contributed by atoms with Gasteiger partial charge in [0.1, 0.15) is 5.75 Å². The van der Waals surface area contributed by atoms with E-state index in [-0.39, 0.29) is 17.6 Å². The van der Waals surface area contributed by atoms with Crippen LogP contribution < -0.4 is 16.1 Å². The molecule has 0 radical (unpaired) electrons. The highest BCUT2D eigenvalue weighted by molar-refractivity contribution is 5.42. The molecule has 0 amide bonds. The Morgan fingerprint density at radius 2 is 1.77 bits per heavy atom. The van der Waals surface area contributed by atoms with Crippen LogP contribution in [-0.2, 0) is 7.05 Å². The van der Waals surface area contributed by atoms with Gasteiger partial charge in [-0.25, -0.2) is 23.9 Å². The first-order chi connectivity index (χ1) is 10.6. The van der Waals surface area contributed by atoms with Gasteiger partial charge in [-0.15, -0.1) is 0 Å². The molecule has 0 fully saturated rings. The van der Waals surface area contributed by atoms with Crippen LogP contribution in [0.25, 0.3) is 0 Å². The highest BCUT2D eigenvalue weighted by atomic mass is 16.5. The topological polar surface area (TPSA) is 69.0 Å². The molecular formula is C16H17N3O3. The Bertz CT molecular complexity index is 840. The number of benzene rings is 1. The van der Waals surface area contributed by atoms with E-state index in [1.54, 1.807) is 7.11 Å². The molecule has 0 unspecified atom stereocenters. The molecule has 1 aromatic heterocycles. The van der Waals surface area contributed by atoms with Gasteiger partial charge < -0.3 is 4.74 Å². The third kappa shape index (κ3) is 2.32. The van der Waals surface area contributed by atoms with Gasteiger partial charge in [0.2, 0.25) is 0 Å². The Labute approximate surface area is 126 Å². The molecule has 0 saturated heterocycles. The van der Waals surface area contributed by atoms with E-state index in [0.29, 0.717) is 0 Å². The van der Waals surface area contributed by atoms with Crippen LogP contribution in [0.1, 0.15) is 17.5 Å². The summed E-state index contributed by atoms with van der Waals surface area (Å²) in [6, 6.07) is 7.53. The largest absolute Gasteiger partial charge is 0.496 e. The van der Waals surface area contributed by atoms with E-state index in [9.17, 15) is 9.59 Å². The molecule has 2 aromatic rings. The van der Waals surface area contributed by atoms with Gasteiger partial charge in [0, 0.05) is 18.5 Å². The Morgan fingerprint density at radius 1 is 1.09 bits per heavy atom. The molecule has 0 spiro atoms. The second-order valence-corrected chi connectivity index (χ2v) is 5.16. The second kappa shape index (κ2) is 5.55. The van der Waals surface area contributed by atoms with Crippen molar-refractivity contribution in [2.24, 2.45) is 7.05 Å². The third-order valence-corrected chi connectivity index (χ3v) is 3.84. The Morgan fingerprint density at radius 3 is 2.36 bits per heavy atom. The van der Waals surface area contributed by atoms with E-state index >= 15 is 0 Å². The number of rotatable bonds is 3. The molecule has 1 heterocycles. The lowest BCUT2D eigenvalue weighted by Gasteiger charge is -2.19. The first kappa shape index (κ1) is 14.2. The smallest absolute Gasteiger partial charge is 0.347 e. The summed E-state index contributed by atoms with van der Waals surface area (Å²) < 4.78 is 7.74. The molecule has 114 valence electrons. The maximum atomic E-state index is 11.9. The molecular weight excluding hydrogens is 282 g/mol. The fraction of sp³-hybridized carbons (Fsp3) is 0.250. The monoisotopic (exact) mass is 299 g/mol. The average Bonchev–Trinajstić information content (AvgIpc) is 2.82. The van der Waals surface area contributed by atoms with Crippen molar-refractivity contribution in [3.63, 3.8) is 0 Å². The highest BCUT2D eigenvalue weighted by Crippen LogP contribution is 2.31. The van der Waals surface area contributed by atoms with Crippen molar-refractivity contribution in [3.8, 4) is 5.75 Å². The van der Waals surface area contributed by atoms with Crippen LogP contribution in [0, 0.1) is 0 Å². The SMILES string of the molecule is COc1ccccc1C1C=CC(n2[nH]c(=O)n(C)c2=O)C=C1. The molecule has 0 saturated carbocycles. The summed E-state index contributed by atoms with van der Waals surface area (Å²) in [5.41, 5.74) is 0.281. The molecule has 0 aliphatic heterocycles. The summed E-state index contributed by atoms with van der Waals surface area (Å²) in [4.78, 5) is 23.4. The minimum absolute atomic E-state index is 0.0820. The van der Waals surface area contributed by atoms with Gasteiger partial charge in [0.05, 0.1) is 13.2 Å². The summed E-state index contributed by atoms with van der Waals surface area (Å²) in [6.07, 6.45) is 7.80. The molecule has 1 N–H and O–H groups in total. The zero-order chi connectivity index (χ0) is 15.7. The van der Waals surface area contributed by atoms with Crippen molar-refractivity contribution in [1.29, 1.82) is 0 Å². The van der Waals surface area contributed by atoms with Gasteiger partial charge in [-0.3, -0.25) is 0 Å². The quantitative estimate of drug-likeness (QED) is 0.869. The average molecular weight is 299 g/mol. The number of para-hydroxylation sites is 1. The van der Waals surface area contributed by atoms with Gasteiger partial charge in [-0.05, 0) is 6.07 Å². The summed E-state index contributed by atoms with van der Waals surface area (Å²) in [6.45, 7) is 0. The molecule has 0 bridgehead atoms. The first-order valence-corrected chi connectivity index (χ1v) is 6.99. The maximum Gasteiger partial charge on any atom is 0.347 e. The van der Waals surface area contributed by atoms with Crippen molar-refractivity contribution in [1.82, 2.24) is 14.3 Å². The molecule has 6 heteroatoms. The Kier molecular flexibility index (Phi) is 3.58. The van der Waals surface area contributed by atoms with Crippen LogP contribution in [0.3, 0.4) is 0 Å². The predicted octanol–water partition coefficient (Wildman–Crippen LogP) is 1.33. The van der Waals surface area contributed by atoms with Gasteiger partial charge in [0.25, 0.3) is 0 Å². The molecule has 1 aliphatic rings. The van der Waals surface area contributed by atoms with Crippen molar-refractivity contribution in [3.05, 3.63) is 75.1 Å². The fourth-order valence-electron chi connectivity index (χ4n) is 2.59. The van der Waals surface area contributed by atoms with Gasteiger partial charge >= 0.3 is 11.4 Å². The number of aromatic nitrogens is 3. The fourth-order valence-corrected chi connectivity index (χ4v) is 2.59. The summed E-state index contributed by atoms with van der Waals surface area (Å²) in [5, 5.41) is 2.54. The number of allylic oxidation sites excluding steroid dienone is 4. The molecule has 0 atom stereocenters. The Hall–Kier alpha value is -2.76. The lowest BCUT2D eigenvalue weighted by molar-refractivity contribution is 0.409. The summed E-state index contributed by atoms with van der Waals surface area (Å²) >= 11 is 0. The second-order valence-electron chi connectivity index (χ2n) is 5.16. The van der Waals surface area contributed by atoms with Gasteiger partial charge in [0.15, 0.2) is 0 Å². The number of H-pyrrole nitrogens is 1. The highest BCUT2D eigenvalue weighted by Gasteiger charge is 2.18. The van der Waals surface area contributed by atoms with Crippen molar-refractivity contribution >= 4 is 0 Å². The first-order valence-electron chi connectivity index (χ1n) is 6.99. The van der Waals surface area contributed by atoms with Gasteiger partial charge in [-0.1, -0.05) is 42.5 Å². The standard InChI is InChI=1S/C16H17N3O3/c1-18-15(20)17-19(16(18)21)12-9-7-11(8-10-12)13-5-3-4-6-14(13)22-2/h3-12H,1-2H3,(H,17,20). The lowest BCUT2D eigenvalue weighted by Crippen LogP contribution is -2.27. The van der Waals surface area contributed by atoms with Gasteiger partial charge in [-0.2, -0.15) is 0 Å². The number of aromatic amines is 1. The van der Waals surface area contributed by atoms with Crippen molar-refractivity contribution < 1.29 is 4.74 Å². The normalized spacial score (nSPS) is 20.3. The number of nitrogens with one attached hydrogen (secondary N) is 1. The number of ether oxygens (including phenoxy) is 1. The summed E-state index contributed by atoms with van der Waals surface area (Å²) in [7, 11) is 3.09. The van der Waals surface area contributed by atoms with E-state index in [4.69, 9.17) is 4.74 Å². The van der Waals surface area contributed by atoms with Crippen LogP contribution in [0.2, 0.25) is 0 Å². The van der Waals surface area contributed by atoms with Crippen LogP contribution in [0.5, 0.6) is 5.75 Å². The molecule has 22 heavy (non-hydrogen) atoms. The number of hydrogen-bond donors (Lipinski definition) is 1. The van der Waals surface area contributed by atoms with E-state index in [1.807, 2.05) is 48.6 Å². The maximum absolute atomic E-state index is 11.9. The zero-order valence-corrected chi connectivity index (χ0v) is 12.4. The van der Waals surface area contributed by atoms with E-state index in [0.717, 1.165) is 15.9 Å². The molecule has 1 aromatic carbocycles. The van der Waals surface area contributed by atoms with Crippen LogP contribution in [0.15, 0.2) is 58.2 Å². The number of methoxy groups -OCH3 is 1. The van der Waals surface area contributed by atoms with Crippen molar-refractivity contribution in [2.45, 2.75) is 12.0 Å². The summed E-state index contributed by atoms with van der Waals surface area (Å²) in [5.74, 6) is 0.907. The number of hydrogen-bond acceptors (Lipinski definition) is 3. The molecule has 3 rings (SSSR count). The van der Waals surface area contributed by atoms with Crippen LogP contribution in [0.4, 0.5) is 0 Å². The zero-order valence-electron chi connectivity index (χ0n) is 12.4. The van der Waals surface area contributed by atoms with Crippen molar-refractivity contribution in [2.75, 3.05) is 7.11 Å². The van der Waals surface area contributed by atoms with Crippen LogP contribution in [-0.4, -0.2) is 21.5 Å². The number of nitrogens with zero attached hydrogens (tertiary/aromatic N) is 2. The van der Waals surface area contributed by atoms with E-state index in [1.165, 1.54) is 11.7 Å². The third-order valence-electron chi connectivity index (χ3n) is 3.84. The van der Waals surface area contributed by atoms with Crippen LogP contribution >= 0.6 is 0 Å².